The Balaban J connectivity index is 1.32. The number of hydrogen-bond acceptors (Lipinski definition) is 5. The minimum absolute atomic E-state index is 0.424. The molecule has 4 heterocycles. The Hall–Kier alpha value is -3.84. The highest BCUT2D eigenvalue weighted by Crippen LogP contribution is 2.30. The summed E-state index contributed by atoms with van der Waals surface area (Å²) in [5, 5.41) is 7.96. The normalized spacial score (nSPS) is 13.7. The van der Waals surface area contributed by atoms with Crippen LogP contribution in [0, 0.1) is 6.92 Å². The van der Waals surface area contributed by atoms with Crippen LogP contribution in [0.3, 0.4) is 0 Å². The fourth-order valence-corrected chi connectivity index (χ4v) is 4.48. The standard InChI is InChI=1S/C25H23N7/c1-16-5-4-8-21(29-16)25-24(19-9-10-23-27-15-28-32(23)14-19)30-22(31-25)13-26-20-11-17-6-2-3-7-18(17)12-20/h2-10,14-15,20,26H,11-13H2,1H3,(H,30,31). The number of aromatic nitrogens is 6. The zero-order valence-electron chi connectivity index (χ0n) is 17.8. The molecule has 0 aliphatic heterocycles. The van der Waals surface area contributed by atoms with E-state index >= 15 is 0 Å². The van der Waals surface area contributed by atoms with Gasteiger partial charge in [0, 0.05) is 23.5 Å². The van der Waals surface area contributed by atoms with Gasteiger partial charge in [-0.1, -0.05) is 30.3 Å². The van der Waals surface area contributed by atoms with Crippen molar-refractivity contribution >= 4 is 5.65 Å². The van der Waals surface area contributed by atoms with Crippen molar-refractivity contribution in [1.82, 2.24) is 34.9 Å². The summed E-state index contributed by atoms with van der Waals surface area (Å²) in [5.74, 6) is 0.896. The number of imidazole rings is 1. The number of nitrogens with one attached hydrogen (secondary N) is 2. The van der Waals surface area contributed by atoms with Crippen LogP contribution in [0.25, 0.3) is 28.3 Å². The summed E-state index contributed by atoms with van der Waals surface area (Å²) in [6, 6.07) is 19.1. The van der Waals surface area contributed by atoms with Crippen molar-refractivity contribution in [2.24, 2.45) is 0 Å². The second kappa shape index (κ2) is 7.69. The molecule has 32 heavy (non-hydrogen) atoms. The number of nitrogens with zero attached hydrogens (tertiary/aromatic N) is 5. The van der Waals surface area contributed by atoms with Gasteiger partial charge in [-0.05, 0) is 55.2 Å². The molecule has 0 spiro atoms. The first-order valence-corrected chi connectivity index (χ1v) is 10.9. The van der Waals surface area contributed by atoms with E-state index in [1.807, 2.05) is 43.5 Å². The first-order chi connectivity index (χ1) is 15.7. The summed E-state index contributed by atoms with van der Waals surface area (Å²) in [7, 11) is 0. The van der Waals surface area contributed by atoms with E-state index in [1.165, 1.54) is 11.1 Å². The van der Waals surface area contributed by atoms with Crippen LogP contribution in [-0.2, 0) is 19.4 Å². The van der Waals surface area contributed by atoms with Crippen LogP contribution in [0.4, 0.5) is 0 Å². The Kier molecular flexibility index (Phi) is 4.54. The molecule has 2 N–H and O–H groups in total. The molecular weight excluding hydrogens is 398 g/mol. The Morgan fingerprint density at radius 3 is 2.66 bits per heavy atom. The number of aromatic amines is 1. The van der Waals surface area contributed by atoms with Crippen LogP contribution < -0.4 is 5.32 Å². The number of H-pyrrole nitrogens is 1. The van der Waals surface area contributed by atoms with Gasteiger partial charge in [-0.2, -0.15) is 5.10 Å². The summed E-state index contributed by atoms with van der Waals surface area (Å²) in [6.45, 7) is 2.67. The maximum Gasteiger partial charge on any atom is 0.155 e. The molecule has 0 bridgehead atoms. The molecule has 0 amide bonds. The molecule has 4 aromatic heterocycles. The molecule has 0 unspecified atom stereocenters. The molecule has 5 aromatic rings. The highest BCUT2D eigenvalue weighted by molar-refractivity contribution is 5.77. The molecule has 0 atom stereocenters. The number of hydrogen-bond donors (Lipinski definition) is 2. The minimum atomic E-state index is 0.424. The number of benzene rings is 1. The lowest BCUT2D eigenvalue weighted by Crippen LogP contribution is -2.29. The molecule has 0 saturated heterocycles. The van der Waals surface area contributed by atoms with E-state index in [-0.39, 0.29) is 0 Å². The summed E-state index contributed by atoms with van der Waals surface area (Å²) >= 11 is 0. The van der Waals surface area contributed by atoms with Crippen LogP contribution in [0.2, 0.25) is 0 Å². The fourth-order valence-electron chi connectivity index (χ4n) is 4.48. The summed E-state index contributed by atoms with van der Waals surface area (Å²) in [6.07, 6.45) is 5.64. The Morgan fingerprint density at radius 2 is 1.84 bits per heavy atom. The molecular formula is C25H23N7. The zero-order valence-corrected chi connectivity index (χ0v) is 17.8. The van der Waals surface area contributed by atoms with Gasteiger partial charge < -0.3 is 10.3 Å². The van der Waals surface area contributed by atoms with Gasteiger partial charge in [0.05, 0.1) is 17.9 Å². The summed E-state index contributed by atoms with van der Waals surface area (Å²) in [5.41, 5.74) is 8.29. The predicted molar refractivity (Wildman–Crippen MR) is 123 cm³/mol. The lowest BCUT2D eigenvalue weighted by molar-refractivity contribution is 0.523. The Morgan fingerprint density at radius 1 is 1.00 bits per heavy atom. The van der Waals surface area contributed by atoms with Crippen molar-refractivity contribution in [3.8, 4) is 22.6 Å². The third-order valence-corrected chi connectivity index (χ3v) is 6.06. The van der Waals surface area contributed by atoms with E-state index < -0.39 is 0 Å². The lowest BCUT2D eigenvalue weighted by Gasteiger charge is -2.10. The monoisotopic (exact) mass is 421 g/mol. The van der Waals surface area contributed by atoms with E-state index in [4.69, 9.17) is 9.97 Å². The van der Waals surface area contributed by atoms with Crippen molar-refractivity contribution in [3.63, 3.8) is 0 Å². The number of pyridine rings is 2. The zero-order chi connectivity index (χ0) is 21.5. The maximum absolute atomic E-state index is 4.95. The van der Waals surface area contributed by atoms with Crippen LogP contribution in [-0.4, -0.2) is 35.6 Å². The molecule has 1 aliphatic carbocycles. The summed E-state index contributed by atoms with van der Waals surface area (Å²) in [4.78, 5) is 17.5. The molecule has 158 valence electrons. The van der Waals surface area contributed by atoms with Gasteiger partial charge in [-0.15, -0.1) is 0 Å². The van der Waals surface area contributed by atoms with E-state index in [0.717, 1.165) is 52.7 Å². The number of aryl methyl sites for hydroxylation is 1. The minimum Gasteiger partial charge on any atom is -0.340 e. The van der Waals surface area contributed by atoms with E-state index in [9.17, 15) is 0 Å². The van der Waals surface area contributed by atoms with Gasteiger partial charge in [0.15, 0.2) is 5.65 Å². The molecule has 1 aromatic carbocycles. The van der Waals surface area contributed by atoms with Gasteiger partial charge in [-0.3, -0.25) is 4.98 Å². The Bertz CT molecular complexity index is 1390. The number of fused-ring (bicyclic) bond motifs is 2. The Labute approximate surface area is 185 Å². The van der Waals surface area contributed by atoms with Crippen molar-refractivity contribution in [2.75, 3.05) is 0 Å². The van der Waals surface area contributed by atoms with Crippen molar-refractivity contribution < 1.29 is 0 Å². The van der Waals surface area contributed by atoms with Crippen LogP contribution in [0.5, 0.6) is 0 Å². The smallest absolute Gasteiger partial charge is 0.155 e. The van der Waals surface area contributed by atoms with E-state index in [1.54, 1.807) is 10.8 Å². The largest absolute Gasteiger partial charge is 0.340 e. The molecule has 0 fully saturated rings. The lowest BCUT2D eigenvalue weighted by atomic mass is 10.1. The third-order valence-electron chi connectivity index (χ3n) is 6.06. The molecule has 7 heteroatoms. The second-order valence-electron chi connectivity index (χ2n) is 8.31. The average molecular weight is 422 g/mol. The fraction of sp³-hybridized carbons (Fsp3) is 0.200. The predicted octanol–water partition coefficient (Wildman–Crippen LogP) is 3.75. The van der Waals surface area contributed by atoms with Gasteiger partial charge in [0.1, 0.15) is 17.8 Å². The first kappa shape index (κ1) is 18.9. The molecule has 7 nitrogen and oxygen atoms in total. The second-order valence-corrected chi connectivity index (χ2v) is 8.31. The third kappa shape index (κ3) is 3.46. The van der Waals surface area contributed by atoms with Gasteiger partial charge >= 0.3 is 0 Å². The molecule has 6 rings (SSSR count). The highest BCUT2D eigenvalue weighted by atomic mass is 15.3. The van der Waals surface area contributed by atoms with Gasteiger partial charge in [-0.25, -0.2) is 14.5 Å². The molecule has 0 radical (unpaired) electrons. The van der Waals surface area contributed by atoms with E-state index in [0.29, 0.717) is 12.6 Å². The van der Waals surface area contributed by atoms with Crippen molar-refractivity contribution in [3.05, 3.63) is 89.8 Å². The average Bonchev–Trinajstić information content (AvgIpc) is 3.54. The van der Waals surface area contributed by atoms with E-state index in [2.05, 4.69) is 44.6 Å². The van der Waals surface area contributed by atoms with Crippen LogP contribution in [0.1, 0.15) is 22.6 Å². The van der Waals surface area contributed by atoms with Gasteiger partial charge in [0.2, 0.25) is 0 Å². The quantitative estimate of drug-likeness (QED) is 0.452. The first-order valence-electron chi connectivity index (χ1n) is 10.9. The number of rotatable bonds is 5. The van der Waals surface area contributed by atoms with Crippen molar-refractivity contribution in [2.45, 2.75) is 32.4 Å². The SMILES string of the molecule is Cc1cccc(-c2nc(CNC3Cc4ccccc4C3)[nH]c2-c2ccc3ncnn3c2)n1. The molecule has 1 aliphatic rings. The molecule has 0 saturated carbocycles. The summed E-state index contributed by atoms with van der Waals surface area (Å²) < 4.78 is 1.78. The topological polar surface area (TPSA) is 83.8 Å². The van der Waals surface area contributed by atoms with Crippen molar-refractivity contribution in [1.29, 1.82) is 0 Å². The highest BCUT2D eigenvalue weighted by Gasteiger charge is 2.22. The van der Waals surface area contributed by atoms with Gasteiger partial charge in [0.25, 0.3) is 0 Å². The maximum atomic E-state index is 4.95. The van der Waals surface area contributed by atoms with Crippen LogP contribution >= 0.6 is 0 Å². The van der Waals surface area contributed by atoms with Crippen LogP contribution in [0.15, 0.2) is 67.1 Å².